The van der Waals surface area contributed by atoms with Gasteiger partial charge in [-0.25, -0.2) is 4.68 Å². The summed E-state index contributed by atoms with van der Waals surface area (Å²) in [4.78, 5) is 0. The van der Waals surface area contributed by atoms with Crippen molar-refractivity contribution in [1.29, 1.82) is 0 Å². The van der Waals surface area contributed by atoms with Crippen molar-refractivity contribution < 1.29 is 4.74 Å². The number of aromatic nitrogens is 4. The lowest BCUT2D eigenvalue weighted by molar-refractivity contribution is 0.00299. The van der Waals surface area contributed by atoms with Crippen LogP contribution in [0, 0.1) is 0 Å². The van der Waals surface area contributed by atoms with Crippen molar-refractivity contribution in [1.82, 2.24) is 20.2 Å². The molecule has 0 spiro atoms. The monoisotopic (exact) mass is 259 g/mol. The van der Waals surface area contributed by atoms with Crippen LogP contribution in [0.4, 0.5) is 5.69 Å². The van der Waals surface area contributed by atoms with Crippen LogP contribution in [0.2, 0.25) is 0 Å². The number of nitrogens with one attached hydrogen (secondary N) is 1. The first-order valence-electron chi connectivity index (χ1n) is 6.56. The van der Waals surface area contributed by atoms with Gasteiger partial charge in [0.15, 0.2) is 0 Å². The van der Waals surface area contributed by atoms with Gasteiger partial charge in [-0.2, -0.15) is 0 Å². The van der Waals surface area contributed by atoms with Crippen LogP contribution >= 0.6 is 0 Å². The van der Waals surface area contributed by atoms with Crippen molar-refractivity contribution in [3.63, 3.8) is 0 Å². The van der Waals surface area contributed by atoms with E-state index >= 15 is 0 Å². The first-order chi connectivity index (χ1) is 9.35. The molecule has 1 aromatic heterocycles. The van der Waals surface area contributed by atoms with Crippen LogP contribution in [0.15, 0.2) is 30.6 Å². The Bertz CT molecular complexity index is 504. The Balaban J connectivity index is 1.56. The molecule has 1 aliphatic rings. The highest BCUT2D eigenvalue weighted by atomic mass is 16.5. The Hall–Kier alpha value is -1.95. The summed E-state index contributed by atoms with van der Waals surface area (Å²) in [5.41, 5.74) is 2.08. The smallest absolute Gasteiger partial charge is 0.143 e. The maximum Gasteiger partial charge on any atom is 0.143 e. The predicted octanol–water partition coefficient (Wildman–Crippen LogP) is 1.64. The third kappa shape index (κ3) is 2.73. The Morgan fingerprint density at radius 3 is 2.74 bits per heavy atom. The molecule has 1 heterocycles. The molecule has 0 radical (unpaired) electrons. The molecule has 0 amide bonds. The van der Waals surface area contributed by atoms with E-state index in [9.17, 15) is 0 Å². The average molecular weight is 259 g/mol. The fourth-order valence-electron chi connectivity index (χ4n) is 2.28. The Kier molecular flexibility index (Phi) is 3.41. The van der Waals surface area contributed by atoms with E-state index in [0.29, 0.717) is 12.1 Å². The molecular formula is C13H17N5O. The summed E-state index contributed by atoms with van der Waals surface area (Å²) >= 11 is 0. The van der Waals surface area contributed by atoms with Crippen molar-refractivity contribution in [2.75, 3.05) is 11.9 Å². The van der Waals surface area contributed by atoms with Crippen LogP contribution < -0.4 is 5.32 Å². The van der Waals surface area contributed by atoms with Crippen molar-refractivity contribution in [3.8, 4) is 5.69 Å². The molecule has 1 saturated carbocycles. The second-order valence-electron chi connectivity index (χ2n) is 4.69. The fourth-order valence-corrected chi connectivity index (χ4v) is 2.28. The van der Waals surface area contributed by atoms with E-state index in [0.717, 1.165) is 30.8 Å². The third-order valence-corrected chi connectivity index (χ3v) is 3.35. The number of nitrogens with zero attached hydrogens (tertiary/aromatic N) is 4. The van der Waals surface area contributed by atoms with Gasteiger partial charge in [-0.05, 0) is 54.5 Å². The molecule has 2 aromatic rings. The van der Waals surface area contributed by atoms with E-state index in [1.54, 1.807) is 11.0 Å². The van der Waals surface area contributed by atoms with Gasteiger partial charge < -0.3 is 10.1 Å². The third-order valence-electron chi connectivity index (χ3n) is 3.35. The van der Waals surface area contributed by atoms with Crippen molar-refractivity contribution in [2.24, 2.45) is 0 Å². The number of benzene rings is 1. The van der Waals surface area contributed by atoms with Crippen LogP contribution in [0.1, 0.15) is 19.8 Å². The van der Waals surface area contributed by atoms with Gasteiger partial charge >= 0.3 is 0 Å². The minimum Gasteiger partial charge on any atom is -0.382 e. The number of hydrogen-bond donors (Lipinski definition) is 1. The summed E-state index contributed by atoms with van der Waals surface area (Å²) in [7, 11) is 0. The van der Waals surface area contributed by atoms with Gasteiger partial charge in [0.25, 0.3) is 0 Å². The molecule has 19 heavy (non-hydrogen) atoms. The summed E-state index contributed by atoms with van der Waals surface area (Å²) in [5.74, 6) is 0. The van der Waals surface area contributed by atoms with E-state index in [1.807, 2.05) is 31.2 Å². The second kappa shape index (κ2) is 5.36. The summed E-state index contributed by atoms with van der Waals surface area (Å²) < 4.78 is 7.19. The topological polar surface area (TPSA) is 64.9 Å². The van der Waals surface area contributed by atoms with Gasteiger partial charge in [-0.15, -0.1) is 5.10 Å². The zero-order chi connectivity index (χ0) is 13.1. The highest BCUT2D eigenvalue weighted by Gasteiger charge is 2.29. The van der Waals surface area contributed by atoms with Crippen LogP contribution in [0.3, 0.4) is 0 Å². The standard InChI is InChI=1S/C13H17N5O/c1-2-19-13-7-11(8-13)15-10-3-5-12(6-4-10)18-9-14-16-17-18/h3-6,9,11,13,15H,2,7-8H2,1H3. The highest BCUT2D eigenvalue weighted by Crippen LogP contribution is 2.27. The number of tetrazole rings is 1. The van der Waals surface area contributed by atoms with E-state index < -0.39 is 0 Å². The highest BCUT2D eigenvalue weighted by molar-refractivity contribution is 5.49. The fraction of sp³-hybridized carbons (Fsp3) is 0.462. The predicted molar refractivity (Wildman–Crippen MR) is 71.2 cm³/mol. The molecule has 0 saturated heterocycles. The molecular weight excluding hydrogens is 242 g/mol. The van der Waals surface area contributed by atoms with E-state index in [2.05, 4.69) is 20.8 Å². The van der Waals surface area contributed by atoms with E-state index in [1.165, 1.54) is 0 Å². The molecule has 1 fully saturated rings. The average Bonchev–Trinajstić information content (AvgIpc) is 2.91. The van der Waals surface area contributed by atoms with Gasteiger partial charge in [-0.1, -0.05) is 0 Å². The Labute approximate surface area is 111 Å². The summed E-state index contributed by atoms with van der Waals surface area (Å²) in [6.45, 7) is 2.84. The van der Waals surface area contributed by atoms with Crippen LogP contribution in [0.5, 0.6) is 0 Å². The van der Waals surface area contributed by atoms with Gasteiger partial charge in [0, 0.05) is 18.3 Å². The molecule has 0 unspecified atom stereocenters. The molecule has 6 heteroatoms. The van der Waals surface area contributed by atoms with Crippen LogP contribution in [-0.4, -0.2) is 39.0 Å². The number of ether oxygens (including phenoxy) is 1. The molecule has 1 N–H and O–H groups in total. The SMILES string of the molecule is CCOC1CC(Nc2ccc(-n3cnnn3)cc2)C1. The summed E-state index contributed by atoms with van der Waals surface area (Å²) in [5, 5.41) is 14.6. The van der Waals surface area contributed by atoms with Gasteiger partial charge in [0.1, 0.15) is 6.33 Å². The number of rotatable bonds is 5. The van der Waals surface area contributed by atoms with Gasteiger partial charge in [-0.3, -0.25) is 0 Å². The molecule has 3 rings (SSSR count). The lowest BCUT2D eigenvalue weighted by atomic mass is 9.89. The van der Waals surface area contributed by atoms with Crippen LogP contribution in [0.25, 0.3) is 5.69 Å². The normalized spacial score (nSPS) is 21.9. The molecule has 100 valence electrons. The summed E-state index contributed by atoms with van der Waals surface area (Å²) in [6, 6.07) is 8.61. The quantitative estimate of drug-likeness (QED) is 0.884. The largest absolute Gasteiger partial charge is 0.382 e. The summed E-state index contributed by atoms with van der Waals surface area (Å²) in [6.07, 6.45) is 4.19. The number of hydrogen-bond acceptors (Lipinski definition) is 5. The van der Waals surface area contributed by atoms with Crippen molar-refractivity contribution in [3.05, 3.63) is 30.6 Å². The van der Waals surface area contributed by atoms with Gasteiger partial charge in [0.05, 0.1) is 11.8 Å². The molecule has 0 atom stereocenters. The molecule has 1 aromatic carbocycles. The van der Waals surface area contributed by atoms with Crippen LogP contribution in [-0.2, 0) is 4.74 Å². The minimum atomic E-state index is 0.433. The first kappa shape index (κ1) is 12.1. The maximum atomic E-state index is 5.55. The minimum absolute atomic E-state index is 0.433. The Morgan fingerprint density at radius 1 is 1.32 bits per heavy atom. The lowest BCUT2D eigenvalue weighted by Gasteiger charge is -2.36. The lowest BCUT2D eigenvalue weighted by Crippen LogP contribution is -2.40. The zero-order valence-corrected chi connectivity index (χ0v) is 10.9. The van der Waals surface area contributed by atoms with Gasteiger partial charge in [0.2, 0.25) is 0 Å². The zero-order valence-electron chi connectivity index (χ0n) is 10.9. The second-order valence-corrected chi connectivity index (χ2v) is 4.69. The maximum absolute atomic E-state index is 5.55. The molecule has 6 nitrogen and oxygen atoms in total. The Morgan fingerprint density at radius 2 is 2.11 bits per heavy atom. The van der Waals surface area contributed by atoms with Crippen molar-refractivity contribution in [2.45, 2.75) is 31.9 Å². The molecule has 0 bridgehead atoms. The van der Waals surface area contributed by atoms with E-state index in [-0.39, 0.29) is 0 Å². The number of anilines is 1. The molecule has 0 aliphatic heterocycles. The molecule has 1 aliphatic carbocycles. The van der Waals surface area contributed by atoms with Crippen molar-refractivity contribution >= 4 is 5.69 Å². The first-order valence-corrected chi connectivity index (χ1v) is 6.56. The van der Waals surface area contributed by atoms with E-state index in [4.69, 9.17) is 4.74 Å².